The van der Waals surface area contributed by atoms with Crippen molar-refractivity contribution in [3.63, 3.8) is 0 Å². The van der Waals surface area contributed by atoms with E-state index in [1.54, 1.807) is 0 Å². The van der Waals surface area contributed by atoms with E-state index < -0.39 is 0 Å². The Balaban J connectivity index is 2.76. The lowest BCUT2D eigenvalue weighted by atomic mass is 9.86. The summed E-state index contributed by atoms with van der Waals surface area (Å²) in [6.45, 7) is 12.4. The van der Waals surface area contributed by atoms with Gasteiger partial charge in [-0.2, -0.15) is 0 Å². The first-order valence-electron chi connectivity index (χ1n) is 7.15. The molecule has 18 heavy (non-hydrogen) atoms. The Morgan fingerprint density at radius 3 is 2.56 bits per heavy atom. The van der Waals surface area contributed by atoms with E-state index in [0.29, 0.717) is 11.3 Å². The number of nitrogens with zero attached hydrogens (tertiary/aromatic N) is 1. The Morgan fingerprint density at radius 1 is 1.33 bits per heavy atom. The molecule has 3 heteroatoms. The van der Waals surface area contributed by atoms with E-state index in [1.165, 1.54) is 31.4 Å². The molecule has 104 valence electrons. The maximum Gasteiger partial charge on any atom is 0.177 e. The second-order valence-corrected chi connectivity index (χ2v) is 6.77. The summed E-state index contributed by atoms with van der Waals surface area (Å²) in [4.78, 5) is 3.19. The van der Waals surface area contributed by atoms with Crippen molar-refractivity contribution in [3.8, 4) is 0 Å². The molecule has 2 nitrogen and oxygen atoms in total. The van der Waals surface area contributed by atoms with Gasteiger partial charge in [0.15, 0.2) is 4.77 Å². The van der Waals surface area contributed by atoms with Gasteiger partial charge < -0.3 is 9.55 Å². The van der Waals surface area contributed by atoms with E-state index in [4.69, 9.17) is 12.2 Å². The summed E-state index contributed by atoms with van der Waals surface area (Å²) in [6.07, 6.45) is 7.27. The van der Waals surface area contributed by atoms with E-state index in [-0.39, 0.29) is 0 Å². The Morgan fingerprint density at radius 2 is 2.00 bits per heavy atom. The maximum atomic E-state index is 5.40. The predicted octanol–water partition coefficient (Wildman–Crippen LogP) is 5.28. The van der Waals surface area contributed by atoms with Crippen molar-refractivity contribution in [2.75, 3.05) is 0 Å². The Labute approximate surface area is 117 Å². The zero-order chi connectivity index (χ0) is 13.8. The molecule has 0 aliphatic carbocycles. The highest BCUT2D eigenvalue weighted by atomic mass is 32.1. The number of H-pyrrole nitrogens is 1. The molecular formula is C15H28N2S. The van der Waals surface area contributed by atoms with Crippen LogP contribution < -0.4 is 0 Å². The van der Waals surface area contributed by atoms with Crippen LogP contribution >= 0.6 is 12.2 Å². The molecule has 0 aliphatic rings. The molecule has 1 aromatic rings. The lowest BCUT2D eigenvalue weighted by Crippen LogP contribution is -2.21. The van der Waals surface area contributed by atoms with Crippen LogP contribution in [0.3, 0.4) is 0 Å². The van der Waals surface area contributed by atoms with E-state index >= 15 is 0 Å². The molecule has 0 amide bonds. The maximum absolute atomic E-state index is 5.40. The van der Waals surface area contributed by atoms with E-state index in [1.807, 2.05) is 0 Å². The summed E-state index contributed by atoms with van der Waals surface area (Å²) in [5.74, 6) is 0.518. The second-order valence-electron chi connectivity index (χ2n) is 6.38. The normalized spacial score (nSPS) is 12.3. The third kappa shape index (κ3) is 4.27. The Bertz CT molecular complexity index is 412. The summed E-state index contributed by atoms with van der Waals surface area (Å²) in [6, 6.07) is 0. The van der Waals surface area contributed by atoms with Gasteiger partial charge in [0.1, 0.15) is 0 Å². The lowest BCUT2D eigenvalue weighted by molar-refractivity contribution is 0.266. The number of aromatic nitrogens is 2. The van der Waals surface area contributed by atoms with Crippen molar-refractivity contribution in [3.05, 3.63) is 16.7 Å². The average molecular weight is 268 g/mol. The van der Waals surface area contributed by atoms with Crippen LogP contribution in [0.1, 0.15) is 71.9 Å². The largest absolute Gasteiger partial charge is 0.337 e. The molecule has 0 spiro atoms. The monoisotopic (exact) mass is 268 g/mol. The van der Waals surface area contributed by atoms with Gasteiger partial charge in [-0.25, -0.2) is 0 Å². The van der Waals surface area contributed by atoms with E-state index in [9.17, 15) is 0 Å². The number of aromatic amines is 1. The molecule has 1 aromatic heterocycles. The molecule has 0 atom stereocenters. The van der Waals surface area contributed by atoms with Gasteiger partial charge in [0.2, 0.25) is 0 Å². The molecule has 1 heterocycles. The summed E-state index contributed by atoms with van der Waals surface area (Å²) in [5, 5.41) is 0. The summed E-state index contributed by atoms with van der Waals surface area (Å²) < 4.78 is 3.15. The van der Waals surface area contributed by atoms with Crippen molar-refractivity contribution >= 4 is 12.2 Å². The van der Waals surface area contributed by atoms with Crippen LogP contribution in [0.5, 0.6) is 0 Å². The predicted molar refractivity (Wildman–Crippen MR) is 81.6 cm³/mol. The Kier molecular flexibility index (Phi) is 5.64. The van der Waals surface area contributed by atoms with Crippen molar-refractivity contribution in [2.45, 2.75) is 72.8 Å². The molecule has 0 radical (unpaired) electrons. The van der Waals surface area contributed by atoms with Crippen LogP contribution in [0.2, 0.25) is 0 Å². The first kappa shape index (κ1) is 15.5. The fourth-order valence-corrected chi connectivity index (χ4v) is 2.64. The van der Waals surface area contributed by atoms with Crippen LogP contribution in [0.4, 0.5) is 0 Å². The van der Waals surface area contributed by atoms with Crippen LogP contribution in [-0.2, 0) is 6.54 Å². The molecule has 0 saturated carbocycles. The van der Waals surface area contributed by atoms with Crippen LogP contribution in [0, 0.1) is 10.2 Å². The highest BCUT2D eigenvalue weighted by Crippen LogP contribution is 2.28. The highest BCUT2D eigenvalue weighted by molar-refractivity contribution is 7.71. The average Bonchev–Trinajstić information content (AvgIpc) is 2.60. The van der Waals surface area contributed by atoms with Crippen LogP contribution in [0.25, 0.3) is 0 Å². The number of imidazole rings is 1. The van der Waals surface area contributed by atoms with Crippen LogP contribution in [0.15, 0.2) is 6.20 Å². The smallest absolute Gasteiger partial charge is 0.177 e. The van der Waals surface area contributed by atoms with Crippen molar-refractivity contribution in [2.24, 2.45) is 5.41 Å². The highest BCUT2D eigenvalue weighted by Gasteiger charge is 2.20. The minimum Gasteiger partial charge on any atom is -0.337 e. The summed E-state index contributed by atoms with van der Waals surface area (Å²) in [7, 11) is 0. The SMILES string of the molecule is CCCCCC(C)(C)Cn1c(C(C)C)c[nH]c1=S. The van der Waals surface area contributed by atoms with Gasteiger partial charge in [-0.15, -0.1) is 0 Å². The van der Waals surface area contributed by atoms with Gasteiger partial charge in [-0.1, -0.05) is 53.9 Å². The summed E-state index contributed by atoms with van der Waals surface area (Å²) in [5.41, 5.74) is 1.64. The first-order valence-corrected chi connectivity index (χ1v) is 7.56. The van der Waals surface area contributed by atoms with Crippen molar-refractivity contribution in [1.82, 2.24) is 9.55 Å². The molecule has 0 saturated heterocycles. The van der Waals surface area contributed by atoms with Crippen molar-refractivity contribution in [1.29, 1.82) is 0 Å². The zero-order valence-electron chi connectivity index (χ0n) is 12.5. The fraction of sp³-hybridized carbons (Fsp3) is 0.800. The summed E-state index contributed by atoms with van der Waals surface area (Å²) >= 11 is 5.40. The lowest BCUT2D eigenvalue weighted by Gasteiger charge is -2.26. The zero-order valence-corrected chi connectivity index (χ0v) is 13.4. The van der Waals surface area contributed by atoms with Crippen molar-refractivity contribution < 1.29 is 0 Å². The molecule has 0 bridgehead atoms. The molecule has 0 fully saturated rings. The van der Waals surface area contributed by atoms with E-state index in [2.05, 4.69) is 50.4 Å². The first-order chi connectivity index (χ1) is 8.37. The number of nitrogens with one attached hydrogen (secondary N) is 1. The number of hydrogen-bond acceptors (Lipinski definition) is 1. The minimum absolute atomic E-state index is 0.319. The molecular weight excluding hydrogens is 240 g/mol. The van der Waals surface area contributed by atoms with E-state index in [0.717, 1.165) is 11.3 Å². The molecule has 0 aliphatic heterocycles. The van der Waals surface area contributed by atoms with Gasteiger partial charge in [-0.3, -0.25) is 0 Å². The van der Waals surface area contributed by atoms with Gasteiger partial charge in [-0.05, 0) is 30.0 Å². The third-order valence-electron chi connectivity index (χ3n) is 3.54. The van der Waals surface area contributed by atoms with Crippen LogP contribution in [-0.4, -0.2) is 9.55 Å². The van der Waals surface area contributed by atoms with Gasteiger partial charge in [0, 0.05) is 18.4 Å². The fourth-order valence-electron chi connectivity index (χ4n) is 2.41. The third-order valence-corrected chi connectivity index (χ3v) is 3.87. The standard InChI is InChI=1S/C15H28N2S/c1-6-7-8-9-15(4,5)11-17-13(12(2)3)10-16-14(17)18/h10,12H,6-9,11H2,1-5H3,(H,16,18). The molecule has 0 unspecified atom stereocenters. The van der Waals surface area contributed by atoms with Gasteiger partial charge in [0.25, 0.3) is 0 Å². The second kappa shape index (κ2) is 6.55. The topological polar surface area (TPSA) is 20.7 Å². The quantitative estimate of drug-likeness (QED) is 0.527. The van der Waals surface area contributed by atoms with Gasteiger partial charge >= 0.3 is 0 Å². The Hall–Kier alpha value is -0.570. The molecule has 1 N–H and O–H groups in total. The minimum atomic E-state index is 0.319. The number of unbranched alkanes of at least 4 members (excludes halogenated alkanes) is 2. The van der Waals surface area contributed by atoms with Gasteiger partial charge in [0.05, 0.1) is 0 Å². The number of rotatable bonds is 7. The molecule has 0 aromatic carbocycles. The number of hydrogen-bond donors (Lipinski definition) is 1. The molecule has 1 rings (SSSR count).